The summed E-state index contributed by atoms with van der Waals surface area (Å²) in [5.41, 5.74) is 0.920. The highest BCUT2D eigenvalue weighted by molar-refractivity contribution is 7.92. The van der Waals surface area contributed by atoms with Crippen molar-refractivity contribution >= 4 is 31.6 Å². The molecule has 2 N–H and O–H groups in total. The van der Waals surface area contributed by atoms with Crippen molar-refractivity contribution < 1.29 is 16.8 Å². The van der Waals surface area contributed by atoms with Crippen LogP contribution in [-0.2, 0) is 20.0 Å². The van der Waals surface area contributed by atoms with E-state index >= 15 is 0 Å². The molecule has 10 heteroatoms. The zero-order valence-corrected chi connectivity index (χ0v) is 14.4. The number of benzene rings is 1. The average molecular weight is 356 g/mol. The summed E-state index contributed by atoms with van der Waals surface area (Å²) in [6, 6.07) is 6.86. The van der Waals surface area contributed by atoms with E-state index in [-0.39, 0.29) is 16.4 Å². The van der Waals surface area contributed by atoms with Crippen molar-refractivity contribution in [2.24, 2.45) is 0 Å². The highest BCUT2D eigenvalue weighted by Crippen LogP contribution is 2.18. The molecule has 1 aromatic carbocycles. The Morgan fingerprint density at radius 3 is 2.04 bits per heavy atom. The minimum Gasteiger partial charge on any atom is -0.284 e. The summed E-state index contributed by atoms with van der Waals surface area (Å²) in [6.07, 6.45) is 1.01. The summed E-state index contributed by atoms with van der Waals surface area (Å²) in [5.74, 6) is 0.628. The summed E-state index contributed by atoms with van der Waals surface area (Å²) in [6.45, 7) is 3.40. The van der Waals surface area contributed by atoms with Gasteiger partial charge in [0.25, 0.3) is 10.0 Å². The topological polar surface area (TPSA) is 118 Å². The maximum Gasteiger partial charge on any atom is 0.263 e. The van der Waals surface area contributed by atoms with Crippen LogP contribution >= 0.6 is 0 Å². The lowest BCUT2D eigenvalue weighted by Crippen LogP contribution is -2.15. The van der Waals surface area contributed by atoms with Gasteiger partial charge in [-0.3, -0.25) is 9.44 Å². The highest BCUT2D eigenvalue weighted by Gasteiger charge is 2.15. The van der Waals surface area contributed by atoms with Gasteiger partial charge in [-0.05, 0) is 38.1 Å². The molecule has 1 aromatic heterocycles. The van der Waals surface area contributed by atoms with E-state index in [2.05, 4.69) is 19.4 Å². The number of aromatic nitrogens is 2. The van der Waals surface area contributed by atoms with E-state index in [0.717, 1.165) is 6.26 Å². The van der Waals surface area contributed by atoms with E-state index in [0.29, 0.717) is 11.5 Å². The zero-order chi connectivity index (χ0) is 17.3. The van der Waals surface area contributed by atoms with Gasteiger partial charge >= 0.3 is 0 Å². The summed E-state index contributed by atoms with van der Waals surface area (Å²) in [7, 11) is -7.24. The van der Waals surface area contributed by atoms with Gasteiger partial charge in [-0.1, -0.05) is 0 Å². The zero-order valence-electron chi connectivity index (χ0n) is 12.7. The van der Waals surface area contributed by atoms with Gasteiger partial charge in [0, 0.05) is 17.4 Å². The Morgan fingerprint density at radius 1 is 0.913 bits per heavy atom. The van der Waals surface area contributed by atoms with Gasteiger partial charge in [0.2, 0.25) is 10.0 Å². The number of sulfonamides is 2. The molecule has 0 atom stereocenters. The summed E-state index contributed by atoms with van der Waals surface area (Å²) < 4.78 is 51.5. The van der Waals surface area contributed by atoms with Crippen molar-refractivity contribution in [1.29, 1.82) is 0 Å². The lowest BCUT2D eigenvalue weighted by atomic mass is 10.3. The van der Waals surface area contributed by atoms with Crippen LogP contribution in [0.2, 0.25) is 0 Å². The third kappa shape index (κ3) is 4.89. The van der Waals surface area contributed by atoms with Crippen molar-refractivity contribution in [3.8, 4) is 0 Å². The maximum atomic E-state index is 12.3. The lowest BCUT2D eigenvalue weighted by molar-refractivity contribution is 0.600. The molecule has 0 aliphatic rings. The third-order valence-electron chi connectivity index (χ3n) is 2.67. The Morgan fingerprint density at radius 2 is 1.52 bits per heavy atom. The summed E-state index contributed by atoms with van der Waals surface area (Å²) >= 11 is 0. The maximum absolute atomic E-state index is 12.3. The van der Waals surface area contributed by atoms with Crippen LogP contribution in [0.5, 0.6) is 0 Å². The summed E-state index contributed by atoms with van der Waals surface area (Å²) in [5, 5.41) is 0. The van der Waals surface area contributed by atoms with Crippen LogP contribution in [0, 0.1) is 13.8 Å². The molecule has 0 saturated heterocycles. The minimum atomic E-state index is -3.82. The molecule has 124 valence electrons. The van der Waals surface area contributed by atoms with Crippen LogP contribution in [0.15, 0.2) is 35.2 Å². The number of anilines is 2. The second-order valence-electron chi connectivity index (χ2n) is 4.95. The van der Waals surface area contributed by atoms with E-state index in [1.165, 1.54) is 30.3 Å². The predicted octanol–water partition coefficient (Wildman–Crippen LogP) is 1.27. The molecule has 0 unspecified atom stereocenters. The molecule has 0 fully saturated rings. The van der Waals surface area contributed by atoms with Gasteiger partial charge < -0.3 is 0 Å². The van der Waals surface area contributed by atoms with Crippen LogP contribution in [-0.4, -0.2) is 33.1 Å². The van der Waals surface area contributed by atoms with Gasteiger partial charge in [-0.25, -0.2) is 26.8 Å². The fourth-order valence-corrected chi connectivity index (χ4v) is 3.44. The molecule has 0 aliphatic heterocycles. The van der Waals surface area contributed by atoms with Crippen molar-refractivity contribution in [2.75, 3.05) is 15.7 Å². The number of hydrogen-bond donors (Lipinski definition) is 2. The summed E-state index contributed by atoms with van der Waals surface area (Å²) in [4.78, 5) is 8.08. The van der Waals surface area contributed by atoms with E-state index in [4.69, 9.17) is 0 Å². The fraction of sp³-hybridized carbons (Fsp3) is 0.231. The Balaban J connectivity index is 2.25. The van der Waals surface area contributed by atoms with Crippen molar-refractivity contribution in [3.05, 3.63) is 41.9 Å². The van der Waals surface area contributed by atoms with Gasteiger partial charge in [0.1, 0.15) is 11.6 Å². The average Bonchev–Trinajstić information content (AvgIpc) is 2.35. The molecule has 2 rings (SSSR count). The molecular weight excluding hydrogens is 340 g/mol. The second-order valence-corrected chi connectivity index (χ2v) is 8.38. The van der Waals surface area contributed by atoms with Crippen LogP contribution < -0.4 is 9.44 Å². The monoisotopic (exact) mass is 356 g/mol. The number of rotatable bonds is 5. The molecule has 0 saturated carbocycles. The molecule has 0 radical (unpaired) electrons. The Hall–Kier alpha value is -2.20. The van der Waals surface area contributed by atoms with E-state index < -0.39 is 20.0 Å². The molecule has 23 heavy (non-hydrogen) atoms. The molecule has 0 spiro atoms. The number of nitrogens with one attached hydrogen (secondary N) is 2. The fourth-order valence-electron chi connectivity index (χ4n) is 1.88. The van der Waals surface area contributed by atoms with Crippen LogP contribution in [0.25, 0.3) is 0 Å². The van der Waals surface area contributed by atoms with Crippen molar-refractivity contribution in [1.82, 2.24) is 9.97 Å². The number of hydrogen-bond acceptors (Lipinski definition) is 6. The van der Waals surface area contributed by atoms with Crippen LogP contribution in [0.3, 0.4) is 0 Å². The van der Waals surface area contributed by atoms with Gasteiger partial charge in [-0.15, -0.1) is 0 Å². The standard InChI is InChI=1S/C13H16N4O4S2/c1-9-8-13(15-10(2)14-9)17-23(20,21)12-6-4-11(5-7-12)16-22(3,18)19/h4-8,16H,1-3H3,(H,14,15,17). The third-order valence-corrected chi connectivity index (χ3v) is 4.65. The van der Waals surface area contributed by atoms with E-state index in [1.807, 2.05) is 0 Å². The van der Waals surface area contributed by atoms with Gasteiger partial charge in [0.05, 0.1) is 11.2 Å². The smallest absolute Gasteiger partial charge is 0.263 e. The van der Waals surface area contributed by atoms with Gasteiger partial charge in [0.15, 0.2) is 0 Å². The van der Waals surface area contributed by atoms with Gasteiger partial charge in [-0.2, -0.15) is 0 Å². The normalized spacial score (nSPS) is 12.0. The Kier molecular flexibility index (Phi) is 4.57. The molecule has 0 aliphatic carbocycles. The lowest BCUT2D eigenvalue weighted by Gasteiger charge is -2.09. The number of nitrogens with zero attached hydrogens (tertiary/aromatic N) is 2. The predicted molar refractivity (Wildman–Crippen MR) is 87.2 cm³/mol. The molecular formula is C13H16N4O4S2. The Labute approximate surface area is 135 Å². The largest absolute Gasteiger partial charge is 0.284 e. The molecule has 0 amide bonds. The second kappa shape index (κ2) is 6.13. The molecule has 0 bridgehead atoms. The molecule has 8 nitrogen and oxygen atoms in total. The number of aryl methyl sites for hydroxylation is 2. The first-order valence-corrected chi connectivity index (χ1v) is 9.86. The van der Waals surface area contributed by atoms with E-state index in [1.54, 1.807) is 13.8 Å². The minimum absolute atomic E-state index is 0.00882. The molecule has 1 heterocycles. The highest BCUT2D eigenvalue weighted by atomic mass is 32.2. The van der Waals surface area contributed by atoms with Crippen molar-refractivity contribution in [3.63, 3.8) is 0 Å². The first-order chi connectivity index (χ1) is 10.5. The van der Waals surface area contributed by atoms with Crippen molar-refractivity contribution in [2.45, 2.75) is 18.7 Å². The quantitative estimate of drug-likeness (QED) is 0.833. The van der Waals surface area contributed by atoms with E-state index in [9.17, 15) is 16.8 Å². The first-order valence-electron chi connectivity index (χ1n) is 6.48. The Bertz CT molecular complexity index is 903. The van der Waals surface area contributed by atoms with Crippen LogP contribution in [0.1, 0.15) is 11.5 Å². The first kappa shape index (κ1) is 17.2. The van der Waals surface area contributed by atoms with Crippen LogP contribution in [0.4, 0.5) is 11.5 Å². The molecule has 2 aromatic rings. The SMILES string of the molecule is Cc1cc(NS(=O)(=O)c2ccc(NS(C)(=O)=O)cc2)nc(C)n1.